The van der Waals surface area contributed by atoms with Crippen molar-refractivity contribution in [2.24, 2.45) is 4.99 Å². The topological polar surface area (TPSA) is 77.0 Å². The van der Waals surface area contributed by atoms with E-state index in [-0.39, 0.29) is 17.5 Å². The molecule has 0 atom stereocenters. The number of esters is 1. The molecule has 1 aliphatic rings. The predicted octanol–water partition coefficient (Wildman–Crippen LogP) is 3.65. The molecular formula is C19H15ClN2O4. The van der Waals surface area contributed by atoms with Crippen LogP contribution >= 0.6 is 11.6 Å². The van der Waals surface area contributed by atoms with E-state index in [1.54, 1.807) is 48.5 Å². The van der Waals surface area contributed by atoms with Gasteiger partial charge < -0.3 is 14.8 Å². The molecule has 0 unspecified atom stereocenters. The van der Waals surface area contributed by atoms with E-state index in [1.807, 2.05) is 0 Å². The van der Waals surface area contributed by atoms with Crippen LogP contribution < -0.4 is 10.1 Å². The van der Waals surface area contributed by atoms with Gasteiger partial charge in [-0.15, -0.1) is 0 Å². The number of amides is 1. The maximum atomic E-state index is 12.1. The first kappa shape index (κ1) is 17.7. The van der Waals surface area contributed by atoms with Crippen LogP contribution in [0.15, 0.2) is 53.2 Å². The van der Waals surface area contributed by atoms with Gasteiger partial charge in [-0.1, -0.05) is 17.7 Å². The molecule has 0 aromatic heterocycles. The van der Waals surface area contributed by atoms with E-state index in [4.69, 9.17) is 21.1 Å². The summed E-state index contributed by atoms with van der Waals surface area (Å²) in [5.41, 5.74) is 2.15. The summed E-state index contributed by atoms with van der Waals surface area (Å²) in [5, 5.41) is 3.10. The molecule has 0 saturated heterocycles. The number of carbonyl (C=O) groups excluding carboxylic acids is 2. The van der Waals surface area contributed by atoms with Gasteiger partial charge in [-0.05, 0) is 48.0 Å². The number of aliphatic imine (C=N–C) groups is 1. The zero-order valence-corrected chi connectivity index (χ0v) is 14.8. The van der Waals surface area contributed by atoms with Gasteiger partial charge in [0.1, 0.15) is 5.75 Å². The second-order valence-electron chi connectivity index (χ2n) is 5.49. The number of benzene rings is 2. The van der Waals surface area contributed by atoms with Crippen LogP contribution in [0.25, 0.3) is 6.08 Å². The molecule has 1 amide bonds. The Balaban J connectivity index is 1.84. The maximum Gasteiger partial charge on any atom is 0.363 e. The van der Waals surface area contributed by atoms with Gasteiger partial charge in [0.15, 0.2) is 5.70 Å². The highest BCUT2D eigenvalue weighted by molar-refractivity contribution is 6.32. The number of halogens is 1. The monoisotopic (exact) mass is 370 g/mol. The molecule has 7 heteroatoms. The minimum Gasteiger partial charge on any atom is -0.495 e. The van der Waals surface area contributed by atoms with E-state index in [0.717, 1.165) is 0 Å². The maximum absolute atomic E-state index is 12.1. The lowest BCUT2D eigenvalue weighted by molar-refractivity contribution is -0.129. The molecule has 0 saturated carbocycles. The Bertz CT molecular complexity index is 933. The number of anilines is 1. The van der Waals surface area contributed by atoms with E-state index in [1.165, 1.54) is 14.0 Å². The molecule has 2 aromatic rings. The van der Waals surface area contributed by atoms with Crippen molar-refractivity contribution in [2.45, 2.75) is 6.92 Å². The van der Waals surface area contributed by atoms with Gasteiger partial charge in [-0.3, -0.25) is 4.79 Å². The summed E-state index contributed by atoms with van der Waals surface area (Å²) >= 11 is 6.09. The molecule has 1 N–H and O–H groups in total. The van der Waals surface area contributed by atoms with Crippen molar-refractivity contribution in [3.8, 4) is 5.75 Å². The van der Waals surface area contributed by atoms with Gasteiger partial charge in [0.05, 0.1) is 12.1 Å². The minimum atomic E-state index is -0.544. The van der Waals surface area contributed by atoms with Gasteiger partial charge in [0, 0.05) is 18.2 Å². The lowest BCUT2D eigenvalue weighted by atomic mass is 10.2. The Morgan fingerprint density at radius 3 is 2.58 bits per heavy atom. The predicted molar refractivity (Wildman–Crippen MR) is 99.4 cm³/mol. The quantitative estimate of drug-likeness (QED) is 0.658. The fraction of sp³-hybridized carbons (Fsp3) is 0.105. The van der Waals surface area contributed by atoms with E-state index >= 15 is 0 Å². The highest BCUT2D eigenvalue weighted by atomic mass is 35.5. The van der Waals surface area contributed by atoms with Crippen LogP contribution in [0.3, 0.4) is 0 Å². The molecule has 0 aliphatic carbocycles. The zero-order valence-electron chi connectivity index (χ0n) is 14.1. The number of hydrogen-bond donors (Lipinski definition) is 1. The molecule has 1 aliphatic heterocycles. The molecule has 0 radical (unpaired) electrons. The lowest BCUT2D eigenvalue weighted by Crippen LogP contribution is -2.07. The van der Waals surface area contributed by atoms with Gasteiger partial charge in [0.2, 0.25) is 11.8 Å². The highest BCUT2D eigenvalue weighted by Crippen LogP contribution is 2.27. The molecule has 1 heterocycles. The van der Waals surface area contributed by atoms with Gasteiger partial charge in [0.25, 0.3) is 0 Å². The van der Waals surface area contributed by atoms with E-state index in [0.29, 0.717) is 27.6 Å². The molecule has 0 fully saturated rings. The van der Waals surface area contributed by atoms with Crippen LogP contribution in [0.5, 0.6) is 5.75 Å². The van der Waals surface area contributed by atoms with E-state index < -0.39 is 5.97 Å². The molecule has 26 heavy (non-hydrogen) atoms. The average molecular weight is 371 g/mol. The fourth-order valence-electron chi connectivity index (χ4n) is 2.36. The van der Waals surface area contributed by atoms with Gasteiger partial charge >= 0.3 is 5.97 Å². The third-order valence-corrected chi connectivity index (χ3v) is 3.85. The summed E-state index contributed by atoms with van der Waals surface area (Å²) in [6.07, 6.45) is 1.59. The van der Waals surface area contributed by atoms with E-state index in [9.17, 15) is 9.59 Å². The highest BCUT2D eigenvalue weighted by Gasteiger charge is 2.24. The minimum absolute atomic E-state index is 0.161. The number of cyclic esters (lactones) is 1. The molecular weight excluding hydrogens is 356 g/mol. The summed E-state index contributed by atoms with van der Waals surface area (Å²) in [6.45, 7) is 1.43. The Kier molecular flexibility index (Phi) is 5.04. The average Bonchev–Trinajstić information content (AvgIpc) is 2.96. The van der Waals surface area contributed by atoms with Crippen molar-refractivity contribution in [3.05, 3.63) is 64.3 Å². The molecule has 2 aromatic carbocycles. The van der Waals surface area contributed by atoms with Crippen molar-refractivity contribution >= 4 is 41.1 Å². The summed E-state index contributed by atoms with van der Waals surface area (Å²) in [5.74, 6) is 0.0464. The second kappa shape index (κ2) is 7.41. The number of nitrogens with one attached hydrogen (secondary N) is 1. The first-order chi connectivity index (χ1) is 12.5. The smallest absolute Gasteiger partial charge is 0.363 e. The molecule has 0 spiro atoms. The Morgan fingerprint density at radius 2 is 1.96 bits per heavy atom. The van der Waals surface area contributed by atoms with Crippen LogP contribution in [-0.4, -0.2) is 24.9 Å². The van der Waals surface area contributed by atoms with Crippen molar-refractivity contribution < 1.29 is 19.1 Å². The SMILES string of the molecule is COc1ccc(/C=C2/N=C(c3ccc(NC(C)=O)cc3)OC2=O)cc1Cl. The third-order valence-electron chi connectivity index (χ3n) is 3.55. The van der Waals surface area contributed by atoms with Crippen LogP contribution in [0.1, 0.15) is 18.1 Å². The number of methoxy groups -OCH3 is 1. The standard InChI is InChI=1S/C19H15ClN2O4/c1-11(23)21-14-6-4-13(5-7-14)18-22-16(19(24)26-18)10-12-3-8-17(25-2)15(20)9-12/h3-10H,1-2H3,(H,21,23)/b16-10+. The third kappa shape index (κ3) is 3.92. The van der Waals surface area contributed by atoms with Crippen LogP contribution in [0.2, 0.25) is 5.02 Å². The molecule has 0 bridgehead atoms. The van der Waals surface area contributed by atoms with Crippen molar-refractivity contribution in [1.82, 2.24) is 0 Å². The molecule has 132 valence electrons. The number of hydrogen-bond acceptors (Lipinski definition) is 5. The first-order valence-electron chi connectivity index (χ1n) is 7.70. The number of rotatable bonds is 4. The Hall–Kier alpha value is -3.12. The largest absolute Gasteiger partial charge is 0.495 e. The normalized spacial score (nSPS) is 14.8. The summed E-state index contributed by atoms with van der Waals surface area (Å²) in [7, 11) is 1.53. The lowest BCUT2D eigenvalue weighted by Gasteiger charge is -2.03. The van der Waals surface area contributed by atoms with Crippen LogP contribution in [0.4, 0.5) is 5.69 Å². The van der Waals surface area contributed by atoms with Crippen molar-refractivity contribution in [1.29, 1.82) is 0 Å². The molecule has 3 rings (SSSR count). The van der Waals surface area contributed by atoms with Gasteiger partial charge in [-0.2, -0.15) is 0 Å². The second-order valence-corrected chi connectivity index (χ2v) is 5.90. The first-order valence-corrected chi connectivity index (χ1v) is 8.08. The van der Waals surface area contributed by atoms with Crippen molar-refractivity contribution in [2.75, 3.05) is 12.4 Å². The number of nitrogens with zero attached hydrogens (tertiary/aromatic N) is 1. The Labute approximate surface area is 155 Å². The summed E-state index contributed by atoms with van der Waals surface area (Å²) < 4.78 is 10.3. The van der Waals surface area contributed by atoms with Crippen molar-refractivity contribution in [3.63, 3.8) is 0 Å². The van der Waals surface area contributed by atoms with Crippen LogP contribution in [0, 0.1) is 0 Å². The Morgan fingerprint density at radius 1 is 1.23 bits per heavy atom. The summed E-state index contributed by atoms with van der Waals surface area (Å²) in [6, 6.07) is 12.0. The fourth-order valence-corrected chi connectivity index (χ4v) is 2.63. The zero-order chi connectivity index (χ0) is 18.7. The number of ether oxygens (including phenoxy) is 2. The van der Waals surface area contributed by atoms with Crippen LogP contribution in [-0.2, 0) is 14.3 Å². The number of carbonyl (C=O) groups is 2. The molecule has 6 nitrogen and oxygen atoms in total. The van der Waals surface area contributed by atoms with Gasteiger partial charge in [-0.25, -0.2) is 9.79 Å². The van der Waals surface area contributed by atoms with E-state index in [2.05, 4.69) is 10.3 Å². The summed E-state index contributed by atoms with van der Waals surface area (Å²) in [4.78, 5) is 27.4.